The van der Waals surface area contributed by atoms with E-state index in [9.17, 15) is 8.42 Å². The third-order valence-corrected chi connectivity index (χ3v) is 4.37. The van der Waals surface area contributed by atoms with E-state index in [1.54, 1.807) is 24.7 Å². The third kappa shape index (κ3) is 3.02. The molecule has 0 aromatic carbocycles. The highest BCUT2D eigenvalue weighted by Crippen LogP contribution is 2.20. The molecule has 0 unspecified atom stereocenters. The van der Waals surface area contributed by atoms with Gasteiger partial charge in [0.05, 0.1) is 18.2 Å². The van der Waals surface area contributed by atoms with Gasteiger partial charge in [-0.3, -0.25) is 9.97 Å². The topological polar surface area (TPSA) is 101 Å². The van der Waals surface area contributed by atoms with Crippen molar-refractivity contribution in [3.63, 3.8) is 0 Å². The molecule has 8 heteroatoms. The van der Waals surface area contributed by atoms with Crippen molar-refractivity contribution < 1.29 is 8.42 Å². The molecule has 0 amide bonds. The molecule has 0 spiro atoms. The van der Waals surface area contributed by atoms with Crippen molar-refractivity contribution in [3.8, 4) is 11.3 Å². The van der Waals surface area contributed by atoms with E-state index in [2.05, 4.69) is 24.7 Å². The lowest BCUT2D eigenvalue weighted by Crippen LogP contribution is -2.24. The summed E-state index contributed by atoms with van der Waals surface area (Å²) >= 11 is 0. The molecule has 2 N–H and O–H groups in total. The zero-order valence-electron chi connectivity index (χ0n) is 11.5. The molecule has 0 saturated carbocycles. The van der Waals surface area contributed by atoms with Crippen LogP contribution in [0.25, 0.3) is 11.3 Å². The average Bonchev–Trinajstić information content (AvgIpc) is 3.10. The monoisotopic (exact) mass is 315 g/mol. The van der Waals surface area contributed by atoms with Crippen LogP contribution in [0, 0.1) is 0 Å². The lowest BCUT2D eigenvalue weighted by molar-refractivity contribution is 0.578. The van der Waals surface area contributed by atoms with Crippen molar-refractivity contribution in [1.82, 2.24) is 24.7 Å². The number of hydrogen-bond donors (Lipinski definition) is 2. The fraction of sp³-hybridized carbons (Fsp3) is 0.0714. The molecule has 3 rings (SSSR count). The highest BCUT2D eigenvalue weighted by atomic mass is 32.2. The molecule has 0 aliphatic carbocycles. The summed E-state index contributed by atoms with van der Waals surface area (Å²) < 4.78 is 26.7. The summed E-state index contributed by atoms with van der Waals surface area (Å²) in [5.74, 6) is 0. The smallest absolute Gasteiger partial charge is 0.257 e. The number of rotatable bonds is 5. The second-order valence-corrected chi connectivity index (χ2v) is 6.23. The van der Waals surface area contributed by atoms with Gasteiger partial charge in [0.25, 0.3) is 10.0 Å². The van der Waals surface area contributed by atoms with Gasteiger partial charge < -0.3 is 4.98 Å². The molecular formula is C14H13N5O2S. The molecule has 7 nitrogen and oxygen atoms in total. The van der Waals surface area contributed by atoms with E-state index in [0.717, 1.165) is 11.1 Å². The van der Waals surface area contributed by atoms with Gasteiger partial charge in [-0.15, -0.1) is 0 Å². The van der Waals surface area contributed by atoms with Crippen LogP contribution in [-0.4, -0.2) is 28.4 Å². The number of sulfonamides is 1. The molecule has 0 bridgehead atoms. The van der Waals surface area contributed by atoms with E-state index >= 15 is 0 Å². The normalized spacial score (nSPS) is 11.5. The van der Waals surface area contributed by atoms with Gasteiger partial charge in [-0.05, 0) is 23.8 Å². The lowest BCUT2D eigenvalue weighted by Gasteiger charge is -2.09. The third-order valence-electron chi connectivity index (χ3n) is 3.04. The van der Waals surface area contributed by atoms with E-state index in [4.69, 9.17) is 0 Å². The fourth-order valence-electron chi connectivity index (χ4n) is 1.98. The zero-order chi connectivity index (χ0) is 15.4. The summed E-state index contributed by atoms with van der Waals surface area (Å²) in [6, 6.07) is 7.27. The van der Waals surface area contributed by atoms with Gasteiger partial charge in [-0.2, -0.15) is 0 Å². The second-order valence-electron chi connectivity index (χ2n) is 4.49. The van der Waals surface area contributed by atoms with Crippen molar-refractivity contribution in [2.45, 2.75) is 11.6 Å². The Morgan fingerprint density at radius 1 is 1.09 bits per heavy atom. The molecule has 0 fully saturated rings. The van der Waals surface area contributed by atoms with Crippen LogP contribution in [0.15, 0.2) is 60.4 Å². The highest BCUT2D eigenvalue weighted by Gasteiger charge is 2.16. The molecule has 3 aromatic heterocycles. The van der Waals surface area contributed by atoms with Crippen LogP contribution in [0.5, 0.6) is 0 Å². The number of hydrogen-bond acceptors (Lipinski definition) is 5. The lowest BCUT2D eigenvalue weighted by atomic mass is 10.1. The number of nitrogens with zero attached hydrogens (tertiary/aromatic N) is 3. The summed E-state index contributed by atoms with van der Waals surface area (Å²) in [6.07, 6.45) is 7.60. The van der Waals surface area contributed by atoms with E-state index < -0.39 is 10.0 Å². The van der Waals surface area contributed by atoms with E-state index in [0.29, 0.717) is 5.69 Å². The highest BCUT2D eigenvalue weighted by molar-refractivity contribution is 7.89. The first-order chi connectivity index (χ1) is 10.7. The minimum Gasteiger partial charge on any atom is -0.335 e. The first-order valence-corrected chi connectivity index (χ1v) is 7.97. The van der Waals surface area contributed by atoms with Gasteiger partial charge in [0.2, 0.25) is 0 Å². The molecule has 112 valence electrons. The number of imidazole rings is 1. The Labute approximate surface area is 127 Å². The van der Waals surface area contributed by atoms with Gasteiger partial charge in [0.1, 0.15) is 0 Å². The van der Waals surface area contributed by atoms with Crippen LogP contribution in [-0.2, 0) is 16.6 Å². The van der Waals surface area contributed by atoms with Crippen LogP contribution >= 0.6 is 0 Å². The van der Waals surface area contributed by atoms with Crippen molar-refractivity contribution in [2.24, 2.45) is 0 Å². The van der Waals surface area contributed by atoms with Crippen molar-refractivity contribution in [3.05, 3.63) is 60.9 Å². The number of nitrogens with one attached hydrogen (secondary N) is 2. The quantitative estimate of drug-likeness (QED) is 0.740. The maximum atomic E-state index is 12.1. The Balaban J connectivity index is 1.85. The van der Waals surface area contributed by atoms with Crippen LogP contribution in [0.3, 0.4) is 0 Å². The molecule has 0 atom stereocenters. The number of aromatic amines is 1. The fourth-order valence-corrected chi connectivity index (χ4v) is 2.89. The van der Waals surface area contributed by atoms with E-state index in [1.165, 1.54) is 12.5 Å². The standard InChI is InChI=1S/C14H13N5O2S/c20-22(21,13-9-16-10-18-13)19-8-12-4-2-6-17-14(12)11-3-1-5-15-7-11/h1-7,9-10,19H,8H2,(H,16,18). The minimum absolute atomic E-state index is 0.0271. The van der Waals surface area contributed by atoms with Crippen molar-refractivity contribution >= 4 is 10.0 Å². The summed E-state index contributed by atoms with van der Waals surface area (Å²) in [7, 11) is -3.63. The molecule has 0 radical (unpaired) electrons. The Bertz CT molecular complexity index is 848. The predicted molar refractivity (Wildman–Crippen MR) is 80.1 cm³/mol. The van der Waals surface area contributed by atoms with Crippen LogP contribution in [0.1, 0.15) is 5.56 Å². The molecule has 0 aliphatic heterocycles. The molecule has 3 heterocycles. The molecule has 3 aromatic rings. The summed E-state index contributed by atoms with van der Waals surface area (Å²) in [6.45, 7) is 0.124. The molecule has 0 aliphatic rings. The van der Waals surface area contributed by atoms with Crippen molar-refractivity contribution in [2.75, 3.05) is 0 Å². The van der Waals surface area contributed by atoms with Gasteiger partial charge in [0.15, 0.2) is 5.03 Å². The summed E-state index contributed by atoms with van der Waals surface area (Å²) in [4.78, 5) is 14.7. The Kier molecular flexibility index (Phi) is 3.94. The van der Waals surface area contributed by atoms with Gasteiger partial charge in [0, 0.05) is 30.7 Å². The summed E-state index contributed by atoms with van der Waals surface area (Å²) in [5, 5.41) is 0.0271. The Hall–Kier alpha value is -2.58. The molecule has 22 heavy (non-hydrogen) atoms. The Morgan fingerprint density at radius 2 is 1.95 bits per heavy atom. The van der Waals surface area contributed by atoms with Crippen LogP contribution in [0.2, 0.25) is 0 Å². The SMILES string of the molecule is O=S(=O)(NCc1cccnc1-c1cccnc1)c1cnc[nH]1. The summed E-state index contributed by atoms with van der Waals surface area (Å²) in [5.41, 5.74) is 2.29. The Morgan fingerprint density at radius 3 is 2.68 bits per heavy atom. The first-order valence-electron chi connectivity index (χ1n) is 6.49. The molecular weight excluding hydrogens is 302 g/mol. The number of H-pyrrole nitrogens is 1. The van der Waals surface area contributed by atoms with Gasteiger partial charge >= 0.3 is 0 Å². The van der Waals surface area contributed by atoms with E-state index in [-0.39, 0.29) is 11.6 Å². The van der Waals surface area contributed by atoms with Crippen LogP contribution in [0.4, 0.5) is 0 Å². The van der Waals surface area contributed by atoms with Gasteiger partial charge in [-0.25, -0.2) is 18.1 Å². The van der Waals surface area contributed by atoms with E-state index in [1.807, 2.05) is 18.2 Å². The first kappa shape index (κ1) is 14.4. The largest absolute Gasteiger partial charge is 0.335 e. The zero-order valence-corrected chi connectivity index (χ0v) is 12.3. The van der Waals surface area contributed by atoms with Crippen LogP contribution < -0.4 is 4.72 Å². The van der Waals surface area contributed by atoms with Crippen molar-refractivity contribution in [1.29, 1.82) is 0 Å². The number of aromatic nitrogens is 4. The predicted octanol–water partition coefficient (Wildman–Crippen LogP) is 1.35. The maximum Gasteiger partial charge on any atom is 0.257 e. The second kappa shape index (κ2) is 6.04. The van der Waals surface area contributed by atoms with Gasteiger partial charge in [-0.1, -0.05) is 6.07 Å². The average molecular weight is 315 g/mol. The maximum absolute atomic E-state index is 12.1. The molecule has 0 saturated heterocycles. The minimum atomic E-state index is -3.63. The number of pyridine rings is 2.